The van der Waals surface area contributed by atoms with Crippen LogP contribution in [0.2, 0.25) is 5.02 Å². The van der Waals surface area contributed by atoms with Crippen LogP contribution in [-0.4, -0.2) is 94.0 Å². The van der Waals surface area contributed by atoms with E-state index in [0.29, 0.717) is 42.0 Å². The molecule has 0 saturated carbocycles. The number of alkyl halides is 1. The molecule has 8 atom stereocenters. The molecule has 3 saturated heterocycles. The van der Waals surface area contributed by atoms with E-state index in [1.54, 1.807) is 53.3 Å². The van der Waals surface area contributed by atoms with Crippen molar-refractivity contribution in [2.45, 2.75) is 86.6 Å². The number of likely N-dealkylation sites (tertiary alicyclic amines) is 1. The molecule has 1 N–H and O–H groups in total. The molecular formula is C40H49BrClN3O7. The number of para-hydroxylation sites is 1. The van der Waals surface area contributed by atoms with Gasteiger partial charge in [-0.15, -0.1) is 13.2 Å². The average molecular weight is 799 g/mol. The SMILES string of the molecule is C=CCCC(=O)N(C)[C@H](C)[C@H](OC(=O)[C@H]1[C@@H]2O[C@@]3(CC2Br)[C@@H]1C(=O)N(CCCCCCO)[C@@H]3C(=O)N(CC=C)c1ccccc1Cl)c1ccccc1. The molecule has 0 aromatic heterocycles. The molecular weight excluding hydrogens is 750 g/mol. The number of carbonyl (C=O) groups is 4. The minimum absolute atomic E-state index is 0.0797. The maximum absolute atomic E-state index is 14.9. The van der Waals surface area contributed by atoms with Gasteiger partial charge in [0.1, 0.15) is 17.7 Å². The summed E-state index contributed by atoms with van der Waals surface area (Å²) in [5.74, 6) is -3.41. The average Bonchev–Trinajstić information content (AvgIpc) is 3.74. The van der Waals surface area contributed by atoms with Gasteiger partial charge in [0, 0.05) is 38.0 Å². The van der Waals surface area contributed by atoms with Gasteiger partial charge in [-0.05, 0) is 50.3 Å². The Labute approximate surface area is 319 Å². The Kier molecular flexibility index (Phi) is 13.4. The number of nitrogens with zero attached hydrogens (tertiary/aromatic N) is 3. The van der Waals surface area contributed by atoms with Crippen LogP contribution >= 0.6 is 27.5 Å². The summed E-state index contributed by atoms with van der Waals surface area (Å²) in [7, 11) is 1.69. The molecule has 3 heterocycles. The second-order valence-corrected chi connectivity index (χ2v) is 15.4. The molecule has 2 aromatic carbocycles. The van der Waals surface area contributed by atoms with E-state index < -0.39 is 47.7 Å². The van der Waals surface area contributed by atoms with Crippen LogP contribution in [0.25, 0.3) is 0 Å². The van der Waals surface area contributed by atoms with Crippen molar-refractivity contribution in [1.82, 2.24) is 9.80 Å². The molecule has 2 bridgehead atoms. The molecule has 0 aliphatic carbocycles. The maximum atomic E-state index is 14.9. The summed E-state index contributed by atoms with van der Waals surface area (Å²) in [6.45, 7) is 9.91. The standard InChI is InChI=1S/C40H49BrClN3O7/c1-5-7-21-31(47)43(4)26(3)34(27-17-11-10-12-18-27)51-39(50)32-33-37(48)45(23-15-8-9-16-24-46)36(40(33)25-28(41)35(32)52-40)38(49)44(22-6-2)30-20-14-13-19-29(30)42/h5-6,10-14,17-20,26,28,32-36,46H,1-2,7-9,15-16,21-25H2,3-4H3/t26-,28?,32-,33+,34+,35-,36-,40+/m1/s1. The monoisotopic (exact) mass is 797 g/mol. The molecule has 3 aliphatic heterocycles. The molecule has 2 aromatic rings. The summed E-state index contributed by atoms with van der Waals surface area (Å²) in [5, 5.41) is 9.67. The number of ether oxygens (including phenoxy) is 2. The van der Waals surface area contributed by atoms with Crippen molar-refractivity contribution < 1.29 is 33.8 Å². The Morgan fingerprint density at radius 2 is 1.79 bits per heavy atom. The van der Waals surface area contributed by atoms with Gasteiger partial charge in [-0.25, -0.2) is 0 Å². The number of amides is 3. The number of hydrogen-bond acceptors (Lipinski definition) is 7. The first-order valence-electron chi connectivity index (χ1n) is 18.0. The predicted molar refractivity (Wildman–Crippen MR) is 204 cm³/mol. The lowest BCUT2D eigenvalue weighted by molar-refractivity contribution is -0.164. The first kappa shape index (κ1) is 39.7. The van der Waals surface area contributed by atoms with Crippen molar-refractivity contribution >= 4 is 56.9 Å². The number of likely N-dealkylation sites (N-methyl/N-ethyl adjacent to an activating group) is 1. The van der Waals surface area contributed by atoms with Crippen molar-refractivity contribution in [1.29, 1.82) is 0 Å². The quantitative estimate of drug-likeness (QED) is 0.0820. The molecule has 12 heteroatoms. The number of benzene rings is 2. The number of hydrogen-bond donors (Lipinski definition) is 1. The first-order chi connectivity index (χ1) is 25.0. The number of fused-ring (bicyclic) bond motifs is 1. The second kappa shape index (κ2) is 17.5. The van der Waals surface area contributed by atoms with Gasteiger partial charge < -0.3 is 29.3 Å². The van der Waals surface area contributed by atoms with Crippen LogP contribution < -0.4 is 4.90 Å². The largest absolute Gasteiger partial charge is 0.455 e. The smallest absolute Gasteiger partial charge is 0.313 e. The fourth-order valence-electron chi connectivity index (χ4n) is 8.04. The number of esters is 1. The van der Waals surface area contributed by atoms with Gasteiger partial charge in [-0.3, -0.25) is 19.2 Å². The summed E-state index contributed by atoms with van der Waals surface area (Å²) in [5.41, 5.74) is -0.126. The van der Waals surface area contributed by atoms with Crippen molar-refractivity contribution in [3.8, 4) is 0 Å². The van der Waals surface area contributed by atoms with Crippen LogP contribution in [-0.2, 0) is 28.7 Å². The van der Waals surface area contributed by atoms with E-state index in [4.69, 9.17) is 21.1 Å². The number of halogens is 2. The lowest BCUT2D eigenvalue weighted by Gasteiger charge is -2.37. The Balaban J connectivity index is 1.51. The Bertz CT molecular complexity index is 1630. The Morgan fingerprint density at radius 1 is 1.10 bits per heavy atom. The van der Waals surface area contributed by atoms with E-state index in [9.17, 15) is 24.3 Å². The zero-order valence-electron chi connectivity index (χ0n) is 29.9. The van der Waals surface area contributed by atoms with Crippen LogP contribution in [0.15, 0.2) is 79.9 Å². The summed E-state index contributed by atoms with van der Waals surface area (Å²) in [4.78, 5) is 61.6. The van der Waals surface area contributed by atoms with E-state index >= 15 is 0 Å². The van der Waals surface area contributed by atoms with E-state index in [-0.39, 0.29) is 48.7 Å². The molecule has 5 rings (SSSR count). The zero-order valence-corrected chi connectivity index (χ0v) is 32.2. The van der Waals surface area contributed by atoms with Crippen molar-refractivity contribution in [2.75, 3.05) is 31.6 Å². The zero-order chi connectivity index (χ0) is 37.6. The predicted octanol–water partition coefficient (Wildman–Crippen LogP) is 6.26. The normalized spacial score (nSPS) is 25.7. The summed E-state index contributed by atoms with van der Waals surface area (Å²) < 4.78 is 13.1. The molecule has 1 unspecified atom stereocenters. The molecule has 3 amide bonds. The highest BCUT2D eigenvalue weighted by atomic mass is 79.9. The third kappa shape index (κ3) is 7.74. The van der Waals surface area contributed by atoms with Crippen molar-refractivity contribution in [2.24, 2.45) is 11.8 Å². The van der Waals surface area contributed by atoms with Crippen LogP contribution in [0.3, 0.4) is 0 Å². The molecule has 1 spiro atoms. The molecule has 3 fully saturated rings. The van der Waals surface area contributed by atoms with Crippen LogP contribution in [0.1, 0.15) is 63.5 Å². The van der Waals surface area contributed by atoms with Crippen molar-refractivity contribution in [3.63, 3.8) is 0 Å². The van der Waals surface area contributed by atoms with E-state index in [2.05, 4.69) is 29.1 Å². The van der Waals surface area contributed by atoms with E-state index in [1.165, 1.54) is 4.90 Å². The summed E-state index contributed by atoms with van der Waals surface area (Å²) >= 11 is 10.4. The number of aliphatic hydroxyl groups excluding tert-OH is 1. The summed E-state index contributed by atoms with van der Waals surface area (Å²) in [6, 6.07) is 14.7. The van der Waals surface area contributed by atoms with Crippen LogP contribution in [0.4, 0.5) is 5.69 Å². The Morgan fingerprint density at radius 3 is 2.46 bits per heavy atom. The highest BCUT2D eigenvalue weighted by Crippen LogP contribution is 2.60. The fourth-order valence-corrected chi connectivity index (χ4v) is 9.22. The van der Waals surface area contributed by atoms with Gasteiger partial charge in [-0.1, -0.05) is 95.0 Å². The van der Waals surface area contributed by atoms with E-state index in [1.807, 2.05) is 37.3 Å². The van der Waals surface area contributed by atoms with Crippen LogP contribution in [0, 0.1) is 11.8 Å². The van der Waals surface area contributed by atoms with Crippen LogP contribution in [0.5, 0.6) is 0 Å². The lowest BCUT2D eigenvalue weighted by atomic mass is 9.70. The molecule has 10 nitrogen and oxygen atoms in total. The molecule has 3 aliphatic rings. The van der Waals surface area contributed by atoms with Gasteiger partial charge in [-0.2, -0.15) is 0 Å². The van der Waals surface area contributed by atoms with Crippen molar-refractivity contribution in [3.05, 3.63) is 90.5 Å². The van der Waals surface area contributed by atoms with Gasteiger partial charge in [0.2, 0.25) is 11.8 Å². The van der Waals surface area contributed by atoms with Gasteiger partial charge in [0.05, 0.1) is 34.7 Å². The third-order valence-corrected chi connectivity index (χ3v) is 11.9. The number of unbranched alkanes of at least 4 members (excludes halogenated alkanes) is 3. The first-order valence-corrected chi connectivity index (χ1v) is 19.3. The second-order valence-electron chi connectivity index (χ2n) is 13.9. The lowest BCUT2D eigenvalue weighted by Crippen LogP contribution is -2.57. The number of anilines is 1. The number of allylic oxidation sites excluding steroid dienone is 1. The topological polar surface area (TPSA) is 117 Å². The highest BCUT2D eigenvalue weighted by molar-refractivity contribution is 9.09. The molecule has 52 heavy (non-hydrogen) atoms. The highest BCUT2D eigenvalue weighted by Gasteiger charge is 2.77. The van der Waals surface area contributed by atoms with Gasteiger partial charge >= 0.3 is 5.97 Å². The third-order valence-electron chi connectivity index (χ3n) is 10.7. The molecule has 280 valence electrons. The Hall–Kier alpha value is -3.51. The number of aliphatic hydroxyl groups is 1. The minimum Gasteiger partial charge on any atom is -0.455 e. The number of carbonyl (C=O) groups excluding carboxylic acids is 4. The maximum Gasteiger partial charge on any atom is 0.313 e. The molecule has 0 radical (unpaired) electrons. The fraction of sp³-hybridized carbons (Fsp3) is 0.500. The summed E-state index contributed by atoms with van der Waals surface area (Å²) in [6.07, 6.45) is 5.61. The van der Waals surface area contributed by atoms with E-state index in [0.717, 1.165) is 12.8 Å². The minimum atomic E-state index is -1.31. The van der Waals surface area contributed by atoms with Gasteiger partial charge in [0.15, 0.2) is 0 Å². The van der Waals surface area contributed by atoms with Gasteiger partial charge in [0.25, 0.3) is 5.91 Å². The number of rotatable bonds is 18.